The maximum Gasteiger partial charge on any atom is 0.408 e. The van der Waals surface area contributed by atoms with Gasteiger partial charge in [-0.25, -0.2) is 4.79 Å². The van der Waals surface area contributed by atoms with Crippen molar-refractivity contribution in [3.63, 3.8) is 0 Å². The summed E-state index contributed by atoms with van der Waals surface area (Å²) in [5.41, 5.74) is 0. The summed E-state index contributed by atoms with van der Waals surface area (Å²) < 4.78 is 4.45. The molecule has 0 radical (unpaired) electrons. The second kappa shape index (κ2) is 4.98. The van der Waals surface area contributed by atoms with E-state index in [1.165, 1.54) is 0 Å². The van der Waals surface area contributed by atoms with Crippen LogP contribution in [0.1, 0.15) is 6.92 Å². The minimum Gasteiger partial charge on any atom is -0.436 e. The summed E-state index contributed by atoms with van der Waals surface area (Å²) in [5, 5.41) is 2.42. The average Bonchev–Trinajstić information content (AvgIpc) is 1.85. The predicted octanol–water partition coefficient (Wildman–Crippen LogP) is 0.366. The molecule has 0 fully saturated rings. The summed E-state index contributed by atoms with van der Waals surface area (Å²) in [6.45, 7) is 2.40. The minimum atomic E-state index is -0.463. The van der Waals surface area contributed by atoms with E-state index in [1.807, 2.05) is 0 Å². The third-order valence-corrected chi connectivity index (χ3v) is 0.608. The lowest BCUT2D eigenvalue weighted by Crippen LogP contribution is -2.23. The van der Waals surface area contributed by atoms with Gasteiger partial charge in [-0.05, 0) is 6.92 Å². The topological polar surface area (TPSA) is 38.3 Å². The van der Waals surface area contributed by atoms with Crippen LogP contribution in [0, 0.1) is 12.3 Å². The fraction of sp³-hybridized carbons (Fsp3) is 0.500. The van der Waals surface area contributed by atoms with Gasteiger partial charge in [0.05, 0.1) is 0 Å². The minimum absolute atomic E-state index is 0.0336. The fourth-order valence-corrected chi connectivity index (χ4v) is 0.303. The van der Waals surface area contributed by atoms with Gasteiger partial charge in [0.25, 0.3) is 0 Å². The van der Waals surface area contributed by atoms with Crippen molar-refractivity contribution >= 4 is 6.09 Å². The zero-order valence-electron chi connectivity index (χ0n) is 5.31. The Kier molecular flexibility index (Phi) is 4.33. The molecule has 1 N–H and O–H groups in total. The van der Waals surface area contributed by atoms with Crippen molar-refractivity contribution in [3.8, 4) is 12.3 Å². The summed E-state index contributed by atoms with van der Waals surface area (Å²) in [7, 11) is 0. The molecule has 0 unspecified atom stereocenters. The van der Waals surface area contributed by atoms with Crippen LogP contribution >= 0.6 is 0 Å². The lowest BCUT2D eigenvalue weighted by atomic mass is 10.7. The highest BCUT2D eigenvalue weighted by molar-refractivity contribution is 5.67. The van der Waals surface area contributed by atoms with Crippen molar-refractivity contribution in [2.75, 3.05) is 13.2 Å². The zero-order valence-corrected chi connectivity index (χ0v) is 5.31. The van der Waals surface area contributed by atoms with Gasteiger partial charge in [0.2, 0.25) is 0 Å². The lowest BCUT2D eigenvalue weighted by molar-refractivity contribution is 0.161. The Morgan fingerprint density at radius 3 is 3.00 bits per heavy atom. The molecule has 0 bridgehead atoms. The summed E-state index contributed by atoms with van der Waals surface area (Å²) in [6, 6.07) is 0. The molecule has 0 rings (SSSR count). The van der Waals surface area contributed by atoms with E-state index in [0.717, 1.165) is 0 Å². The first kappa shape index (κ1) is 7.83. The van der Waals surface area contributed by atoms with E-state index >= 15 is 0 Å². The molecule has 0 atom stereocenters. The van der Waals surface area contributed by atoms with Gasteiger partial charge in [-0.15, -0.1) is 6.42 Å². The highest BCUT2D eigenvalue weighted by Gasteiger charge is 1.93. The molecule has 50 valence electrons. The van der Waals surface area contributed by atoms with Crippen LogP contribution in [0.4, 0.5) is 4.79 Å². The Morgan fingerprint density at radius 2 is 2.56 bits per heavy atom. The second-order valence-electron chi connectivity index (χ2n) is 1.31. The number of hydrogen-bond donors (Lipinski definition) is 1. The largest absolute Gasteiger partial charge is 0.436 e. The molecule has 0 aliphatic carbocycles. The third kappa shape index (κ3) is 4.69. The molecule has 0 saturated heterocycles. The molecule has 0 aromatic heterocycles. The molecule has 1 amide bonds. The van der Waals surface area contributed by atoms with Crippen LogP contribution in [0.3, 0.4) is 0 Å². The van der Waals surface area contributed by atoms with Crippen LogP contribution in [0.15, 0.2) is 0 Å². The first-order chi connectivity index (χ1) is 4.31. The quantitative estimate of drug-likeness (QED) is 0.544. The Balaban J connectivity index is 3.19. The Bertz CT molecular complexity index is 126. The molecule has 0 aromatic rings. The van der Waals surface area contributed by atoms with Crippen molar-refractivity contribution < 1.29 is 9.53 Å². The number of nitrogens with one attached hydrogen (secondary N) is 1. The molecular weight excluding hydrogens is 118 g/mol. The maximum absolute atomic E-state index is 10.4. The average molecular weight is 127 g/mol. The number of carbonyl (C=O) groups is 1. The van der Waals surface area contributed by atoms with Gasteiger partial charge >= 0.3 is 6.09 Å². The van der Waals surface area contributed by atoms with Crippen LogP contribution in [0.2, 0.25) is 0 Å². The van der Waals surface area contributed by atoms with Gasteiger partial charge in [-0.3, -0.25) is 0 Å². The van der Waals surface area contributed by atoms with Crippen LogP contribution in [-0.2, 0) is 4.74 Å². The number of rotatable bonds is 2. The standard InChI is InChI=1S/C6H9NO2/c1-3-5-9-6(8)7-4-2/h1H,4-5H2,2H3,(H,7,8). The van der Waals surface area contributed by atoms with Crippen molar-refractivity contribution in [1.82, 2.24) is 5.32 Å². The Labute approximate surface area is 54.4 Å². The fourth-order valence-electron chi connectivity index (χ4n) is 0.303. The molecule has 0 saturated carbocycles. The van der Waals surface area contributed by atoms with E-state index in [2.05, 4.69) is 16.0 Å². The Hall–Kier alpha value is -1.17. The third-order valence-electron chi connectivity index (χ3n) is 0.608. The molecule has 3 heteroatoms. The number of carbonyl (C=O) groups excluding carboxylic acids is 1. The Morgan fingerprint density at radius 1 is 1.89 bits per heavy atom. The summed E-state index contributed by atoms with van der Waals surface area (Å²) in [5.74, 6) is 2.17. The monoisotopic (exact) mass is 127 g/mol. The van der Waals surface area contributed by atoms with E-state index < -0.39 is 6.09 Å². The number of alkyl carbamates (subject to hydrolysis) is 1. The van der Waals surface area contributed by atoms with E-state index in [-0.39, 0.29) is 6.61 Å². The number of amides is 1. The molecule has 0 aromatic carbocycles. The number of terminal acetylenes is 1. The molecule has 0 aliphatic rings. The smallest absolute Gasteiger partial charge is 0.408 e. The summed E-state index contributed by atoms with van der Waals surface area (Å²) in [4.78, 5) is 10.4. The number of ether oxygens (including phenoxy) is 1. The first-order valence-electron chi connectivity index (χ1n) is 2.65. The van der Waals surface area contributed by atoms with Crippen LogP contribution in [0.25, 0.3) is 0 Å². The van der Waals surface area contributed by atoms with E-state index in [1.54, 1.807) is 6.92 Å². The molecule has 0 spiro atoms. The van der Waals surface area contributed by atoms with E-state index in [4.69, 9.17) is 6.42 Å². The number of hydrogen-bond acceptors (Lipinski definition) is 2. The molecule has 0 aliphatic heterocycles. The van der Waals surface area contributed by atoms with Crippen LogP contribution in [-0.4, -0.2) is 19.2 Å². The van der Waals surface area contributed by atoms with Crippen molar-refractivity contribution in [2.45, 2.75) is 6.92 Å². The zero-order chi connectivity index (χ0) is 7.11. The van der Waals surface area contributed by atoms with E-state index in [9.17, 15) is 4.79 Å². The second-order valence-corrected chi connectivity index (χ2v) is 1.31. The normalized spacial score (nSPS) is 7.56. The van der Waals surface area contributed by atoms with Crippen LogP contribution < -0.4 is 5.32 Å². The lowest BCUT2D eigenvalue weighted by Gasteiger charge is -1.98. The summed E-state index contributed by atoms with van der Waals surface area (Å²) >= 11 is 0. The van der Waals surface area contributed by atoms with Gasteiger partial charge in [0, 0.05) is 6.54 Å². The van der Waals surface area contributed by atoms with Gasteiger partial charge < -0.3 is 10.1 Å². The predicted molar refractivity (Wildman–Crippen MR) is 33.9 cm³/mol. The first-order valence-corrected chi connectivity index (χ1v) is 2.65. The van der Waals surface area contributed by atoms with E-state index in [0.29, 0.717) is 6.54 Å². The summed E-state index contributed by atoms with van der Waals surface area (Å²) in [6.07, 6.45) is 4.36. The molecule has 3 nitrogen and oxygen atoms in total. The SMILES string of the molecule is C#CCOC(=O)NCC. The highest BCUT2D eigenvalue weighted by Crippen LogP contribution is 1.73. The van der Waals surface area contributed by atoms with Crippen molar-refractivity contribution in [1.29, 1.82) is 0 Å². The van der Waals surface area contributed by atoms with Gasteiger partial charge in [0.15, 0.2) is 6.61 Å². The van der Waals surface area contributed by atoms with Crippen LogP contribution in [0.5, 0.6) is 0 Å². The molecular formula is C6H9NO2. The van der Waals surface area contributed by atoms with Crippen molar-refractivity contribution in [2.24, 2.45) is 0 Å². The van der Waals surface area contributed by atoms with Gasteiger partial charge in [-0.1, -0.05) is 5.92 Å². The molecule has 9 heavy (non-hydrogen) atoms. The highest BCUT2D eigenvalue weighted by atomic mass is 16.5. The maximum atomic E-state index is 10.4. The molecule has 0 heterocycles. The van der Waals surface area contributed by atoms with Gasteiger partial charge in [-0.2, -0.15) is 0 Å². The van der Waals surface area contributed by atoms with Gasteiger partial charge in [0.1, 0.15) is 0 Å². The van der Waals surface area contributed by atoms with Crippen molar-refractivity contribution in [3.05, 3.63) is 0 Å².